The summed E-state index contributed by atoms with van der Waals surface area (Å²) >= 11 is 6.10. The van der Waals surface area contributed by atoms with Gasteiger partial charge in [0.25, 0.3) is 0 Å². The molecule has 0 atom stereocenters. The van der Waals surface area contributed by atoms with Crippen LogP contribution in [-0.2, 0) is 4.79 Å². The molecule has 24 heavy (non-hydrogen) atoms. The molecule has 0 aliphatic heterocycles. The molecule has 3 aromatic rings. The largest absolute Gasteiger partial charge is 0.461 e. The molecule has 0 unspecified atom stereocenters. The normalized spacial score (nSPS) is 11.2. The first-order valence-corrected chi connectivity index (χ1v) is 7.78. The Labute approximate surface area is 142 Å². The highest BCUT2D eigenvalue weighted by Gasteiger charge is 2.23. The Morgan fingerprint density at radius 3 is 2.67 bits per heavy atom. The minimum absolute atomic E-state index is 0.0771. The summed E-state index contributed by atoms with van der Waals surface area (Å²) in [7, 11) is 0. The second-order valence-corrected chi connectivity index (χ2v) is 6.15. The molecule has 0 saturated carbocycles. The Balaban J connectivity index is 2.31. The van der Waals surface area contributed by atoms with Gasteiger partial charge >= 0.3 is 5.97 Å². The quantitative estimate of drug-likeness (QED) is 0.649. The van der Waals surface area contributed by atoms with Crippen LogP contribution in [-0.4, -0.2) is 5.97 Å². The number of fused-ring (bicyclic) bond motifs is 1. The van der Waals surface area contributed by atoms with E-state index in [1.165, 1.54) is 12.3 Å². The van der Waals surface area contributed by atoms with Crippen molar-refractivity contribution >= 4 is 28.5 Å². The topological polar surface area (TPSA) is 69.7 Å². The Morgan fingerprint density at radius 1 is 1.29 bits per heavy atom. The number of hydrogen-bond acceptors (Lipinski definition) is 5. The van der Waals surface area contributed by atoms with E-state index >= 15 is 0 Å². The van der Waals surface area contributed by atoms with Crippen LogP contribution in [0.5, 0.6) is 5.75 Å². The third-order valence-electron chi connectivity index (χ3n) is 3.55. The van der Waals surface area contributed by atoms with Gasteiger partial charge in [0.05, 0.1) is 17.6 Å². The number of furan rings is 1. The zero-order valence-corrected chi connectivity index (χ0v) is 14.1. The van der Waals surface area contributed by atoms with Gasteiger partial charge in [-0.1, -0.05) is 25.4 Å². The van der Waals surface area contributed by atoms with E-state index in [-0.39, 0.29) is 16.9 Å². The van der Waals surface area contributed by atoms with Gasteiger partial charge in [-0.25, -0.2) is 0 Å². The number of hydrogen-bond donors (Lipinski definition) is 0. The van der Waals surface area contributed by atoms with E-state index in [1.807, 2.05) is 0 Å². The fourth-order valence-electron chi connectivity index (χ4n) is 2.18. The van der Waals surface area contributed by atoms with Gasteiger partial charge in [0, 0.05) is 5.02 Å². The van der Waals surface area contributed by atoms with E-state index in [0.717, 1.165) is 5.56 Å². The summed E-state index contributed by atoms with van der Waals surface area (Å²) in [5.74, 6) is -0.753. The summed E-state index contributed by atoms with van der Waals surface area (Å²) < 4.78 is 16.4. The van der Waals surface area contributed by atoms with Crippen LogP contribution in [0.15, 0.2) is 44.2 Å². The van der Waals surface area contributed by atoms with Crippen LogP contribution in [0.2, 0.25) is 5.02 Å². The number of aryl methyl sites for hydroxylation is 1. The van der Waals surface area contributed by atoms with Crippen LogP contribution in [0.4, 0.5) is 0 Å². The molecule has 0 saturated heterocycles. The van der Waals surface area contributed by atoms with Crippen molar-refractivity contribution in [2.45, 2.75) is 20.8 Å². The minimum Gasteiger partial charge on any atom is -0.461 e. The molecule has 0 N–H and O–H groups in total. The van der Waals surface area contributed by atoms with Crippen molar-refractivity contribution in [2.75, 3.05) is 0 Å². The Bertz CT molecular complexity index is 967. The maximum Gasteiger partial charge on any atom is 0.314 e. The van der Waals surface area contributed by atoms with E-state index in [9.17, 15) is 9.59 Å². The van der Waals surface area contributed by atoms with Gasteiger partial charge in [-0.3, -0.25) is 9.59 Å². The summed E-state index contributed by atoms with van der Waals surface area (Å²) in [5.41, 5.74) is 0.640. The summed E-state index contributed by atoms with van der Waals surface area (Å²) in [6.45, 7) is 5.16. The standard InChI is InChI=1S/C18H15ClO5/c1-9(2)18(21)24-17-15(20)11-8-12(19)10(3)7-14(11)23-16(17)13-5-4-6-22-13/h4-9H,1-3H3. The van der Waals surface area contributed by atoms with E-state index < -0.39 is 17.3 Å². The molecule has 0 spiro atoms. The van der Waals surface area contributed by atoms with Gasteiger partial charge in [-0.2, -0.15) is 0 Å². The number of benzene rings is 1. The third-order valence-corrected chi connectivity index (χ3v) is 3.96. The van der Waals surface area contributed by atoms with Crippen molar-refractivity contribution in [3.05, 3.63) is 51.3 Å². The molecule has 1 aromatic carbocycles. The molecular formula is C18H15ClO5. The van der Waals surface area contributed by atoms with Gasteiger partial charge in [0.15, 0.2) is 5.76 Å². The number of carbonyl (C=O) groups is 1. The Hall–Kier alpha value is -2.53. The zero-order chi connectivity index (χ0) is 17.4. The summed E-state index contributed by atoms with van der Waals surface area (Å²) in [6.07, 6.45) is 1.45. The Kier molecular flexibility index (Phi) is 4.20. The Morgan fingerprint density at radius 2 is 2.04 bits per heavy atom. The number of esters is 1. The fraction of sp³-hybridized carbons (Fsp3) is 0.222. The van der Waals surface area contributed by atoms with Crippen LogP contribution >= 0.6 is 11.6 Å². The molecule has 2 heterocycles. The van der Waals surface area contributed by atoms with Crippen molar-refractivity contribution in [1.82, 2.24) is 0 Å². The van der Waals surface area contributed by atoms with Crippen LogP contribution < -0.4 is 10.2 Å². The molecule has 6 heteroatoms. The molecule has 124 valence electrons. The average Bonchev–Trinajstić information content (AvgIpc) is 3.06. The van der Waals surface area contributed by atoms with Crippen molar-refractivity contribution in [3.8, 4) is 17.3 Å². The first-order valence-electron chi connectivity index (χ1n) is 7.41. The molecule has 0 bridgehead atoms. The highest BCUT2D eigenvalue weighted by atomic mass is 35.5. The van der Waals surface area contributed by atoms with Crippen LogP contribution in [0.1, 0.15) is 19.4 Å². The average molecular weight is 347 g/mol. The maximum absolute atomic E-state index is 12.8. The van der Waals surface area contributed by atoms with Crippen LogP contribution in [0, 0.1) is 12.8 Å². The lowest BCUT2D eigenvalue weighted by Crippen LogP contribution is -2.20. The predicted molar refractivity (Wildman–Crippen MR) is 90.4 cm³/mol. The van der Waals surface area contributed by atoms with Gasteiger partial charge < -0.3 is 13.6 Å². The smallest absolute Gasteiger partial charge is 0.314 e. The molecule has 0 aliphatic rings. The molecule has 0 fully saturated rings. The van der Waals surface area contributed by atoms with E-state index in [2.05, 4.69) is 0 Å². The zero-order valence-electron chi connectivity index (χ0n) is 13.4. The summed E-state index contributed by atoms with van der Waals surface area (Å²) in [4.78, 5) is 24.8. The molecule has 0 aliphatic carbocycles. The first-order chi connectivity index (χ1) is 11.4. The minimum atomic E-state index is -0.535. The summed E-state index contributed by atoms with van der Waals surface area (Å²) in [6, 6.07) is 6.45. The summed E-state index contributed by atoms with van der Waals surface area (Å²) in [5, 5.41) is 0.675. The molecule has 0 amide bonds. The van der Waals surface area contributed by atoms with E-state index in [1.54, 1.807) is 39.0 Å². The van der Waals surface area contributed by atoms with Gasteiger partial charge in [0.1, 0.15) is 5.58 Å². The number of carbonyl (C=O) groups excluding carboxylic acids is 1. The molecular weight excluding hydrogens is 332 g/mol. The van der Waals surface area contributed by atoms with Gasteiger partial charge in [0.2, 0.25) is 16.9 Å². The highest BCUT2D eigenvalue weighted by Crippen LogP contribution is 2.33. The SMILES string of the molecule is Cc1cc2oc(-c3ccco3)c(OC(=O)C(C)C)c(=O)c2cc1Cl. The van der Waals surface area contributed by atoms with Crippen molar-refractivity contribution in [2.24, 2.45) is 5.92 Å². The van der Waals surface area contributed by atoms with Crippen molar-refractivity contribution < 1.29 is 18.4 Å². The lowest BCUT2D eigenvalue weighted by Gasteiger charge is -2.11. The first kappa shape index (κ1) is 16.3. The van der Waals surface area contributed by atoms with Crippen molar-refractivity contribution in [1.29, 1.82) is 0 Å². The van der Waals surface area contributed by atoms with E-state index in [4.69, 9.17) is 25.2 Å². The number of rotatable bonds is 3. The van der Waals surface area contributed by atoms with Crippen LogP contribution in [0.3, 0.4) is 0 Å². The molecule has 2 aromatic heterocycles. The lowest BCUT2D eigenvalue weighted by molar-refractivity contribution is -0.137. The second kappa shape index (κ2) is 6.17. The number of halogens is 1. The third kappa shape index (κ3) is 2.83. The molecule has 0 radical (unpaired) electrons. The molecule has 3 rings (SSSR count). The van der Waals surface area contributed by atoms with Gasteiger partial charge in [-0.05, 0) is 36.8 Å². The second-order valence-electron chi connectivity index (χ2n) is 5.74. The predicted octanol–water partition coefficient (Wildman–Crippen LogP) is 4.58. The van der Waals surface area contributed by atoms with E-state index in [0.29, 0.717) is 16.4 Å². The van der Waals surface area contributed by atoms with Crippen molar-refractivity contribution in [3.63, 3.8) is 0 Å². The van der Waals surface area contributed by atoms with Gasteiger partial charge in [-0.15, -0.1) is 0 Å². The monoisotopic (exact) mass is 346 g/mol. The maximum atomic E-state index is 12.8. The number of ether oxygens (including phenoxy) is 1. The highest BCUT2D eigenvalue weighted by molar-refractivity contribution is 6.32. The lowest BCUT2D eigenvalue weighted by atomic mass is 10.1. The fourth-order valence-corrected chi connectivity index (χ4v) is 2.34. The van der Waals surface area contributed by atoms with Crippen LogP contribution in [0.25, 0.3) is 22.5 Å². The molecule has 5 nitrogen and oxygen atoms in total.